The Morgan fingerprint density at radius 3 is 2.57 bits per heavy atom. The van der Waals surface area contributed by atoms with Crippen molar-refractivity contribution < 1.29 is 9.47 Å². The third-order valence-electron chi connectivity index (χ3n) is 3.39. The molecular weight excluding hydrogens is 262 g/mol. The molecule has 2 rings (SSSR count). The first-order valence-electron chi connectivity index (χ1n) is 7.58. The highest BCUT2D eigenvalue weighted by molar-refractivity contribution is 5.84. The highest BCUT2D eigenvalue weighted by atomic mass is 16.5. The molecule has 3 heteroatoms. The first-order valence-corrected chi connectivity index (χ1v) is 7.58. The molecule has 0 atom stereocenters. The van der Waals surface area contributed by atoms with Crippen LogP contribution >= 0.6 is 0 Å². The van der Waals surface area contributed by atoms with E-state index >= 15 is 0 Å². The van der Waals surface area contributed by atoms with Crippen LogP contribution in [0.3, 0.4) is 0 Å². The van der Waals surface area contributed by atoms with Gasteiger partial charge in [-0.05, 0) is 61.3 Å². The topological polar surface area (TPSA) is 30.5 Å². The molecule has 0 amide bonds. The first kappa shape index (κ1) is 15.8. The summed E-state index contributed by atoms with van der Waals surface area (Å²) in [5.41, 5.74) is 1.30. The number of benzene rings is 2. The smallest absolute Gasteiger partial charge is 0.119 e. The van der Waals surface area contributed by atoms with Crippen molar-refractivity contribution in [1.82, 2.24) is 5.32 Å². The van der Waals surface area contributed by atoms with Crippen LogP contribution in [0.15, 0.2) is 36.4 Å². The molecule has 0 fully saturated rings. The van der Waals surface area contributed by atoms with Crippen LogP contribution in [-0.4, -0.2) is 26.4 Å². The predicted octanol–water partition coefficient (Wildman–Crippen LogP) is 3.75. The monoisotopic (exact) mass is 287 g/mol. The van der Waals surface area contributed by atoms with Gasteiger partial charge in [0.25, 0.3) is 0 Å². The van der Waals surface area contributed by atoms with Gasteiger partial charge in [0.1, 0.15) is 5.75 Å². The Hall–Kier alpha value is -1.58. The standard InChI is InChI=1S/C18H25NO2/c1-14(2)21-10-4-9-19-13-15-5-6-17-12-18(20-3)8-7-16(17)11-15/h5-8,11-12,14,19H,4,9-10,13H2,1-3H3. The van der Waals surface area contributed by atoms with Gasteiger partial charge in [-0.2, -0.15) is 0 Å². The summed E-state index contributed by atoms with van der Waals surface area (Å²) in [6, 6.07) is 12.7. The summed E-state index contributed by atoms with van der Waals surface area (Å²) in [6.07, 6.45) is 1.37. The summed E-state index contributed by atoms with van der Waals surface area (Å²) in [6.45, 7) is 6.83. The van der Waals surface area contributed by atoms with Gasteiger partial charge in [-0.15, -0.1) is 0 Å². The average molecular weight is 287 g/mol. The molecule has 0 radical (unpaired) electrons. The summed E-state index contributed by atoms with van der Waals surface area (Å²) in [5.74, 6) is 0.901. The van der Waals surface area contributed by atoms with E-state index in [0.29, 0.717) is 6.10 Å². The average Bonchev–Trinajstić information content (AvgIpc) is 2.49. The van der Waals surface area contributed by atoms with Gasteiger partial charge in [0.05, 0.1) is 13.2 Å². The van der Waals surface area contributed by atoms with Crippen molar-refractivity contribution in [2.75, 3.05) is 20.3 Å². The van der Waals surface area contributed by atoms with E-state index in [1.807, 2.05) is 6.07 Å². The van der Waals surface area contributed by atoms with Crippen molar-refractivity contribution in [1.29, 1.82) is 0 Å². The molecule has 2 aromatic carbocycles. The minimum Gasteiger partial charge on any atom is -0.497 e. The predicted molar refractivity (Wildman–Crippen MR) is 87.9 cm³/mol. The highest BCUT2D eigenvalue weighted by Gasteiger charge is 1.99. The second kappa shape index (κ2) is 8.01. The second-order valence-electron chi connectivity index (χ2n) is 5.50. The zero-order valence-corrected chi connectivity index (χ0v) is 13.2. The maximum absolute atomic E-state index is 5.52. The number of nitrogens with one attached hydrogen (secondary N) is 1. The van der Waals surface area contributed by atoms with Gasteiger partial charge < -0.3 is 14.8 Å². The first-order chi connectivity index (χ1) is 10.2. The van der Waals surface area contributed by atoms with E-state index in [-0.39, 0.29) is 0 Å². The molecule has 0 aromatic heterocycles. The number of hydrogen-bond donors (Lipinski definition) is 1. The van der Waals surface area contributed by atoms with Crippen molar-refractivity contribution in [3.05, 3.63) is 42.0 Å². The fraction of sp³-hybridized carbons (Fsp3) is 0.444. The van der Waals surface area contributed by atoms with E-state index in [2.05, 4.69) is 49.5 Å². The van der Waals surface area contributed by atoms with Crippen LogP contribution in [0.25, 0.3) is 10.8 Å². The maximum Gasteiger partial charge on any atom is 0.119 e. The van der Waals surface area contributed by atoms with Crippen molar-refractivity contribution in [2.24, 2.45) is 0 Å². The lowest BCUT2D eigenvalue weighted by molar-refractivity contribution is 0.0770. The molecule has 1 N–H and O–H groups in total. The molecule has 0 aliphatic rings. The molecule has 0 spiro atoms. The van der Waals surface area contributed by atoms with Crippen LogP contribution in [0, 0.1) is 0 Å². The van der Waals surface area contributed by atoms with E-state index in [9.17, 15) is 0 Å². The van der Waals surface area contributed by atoms with Crippen molar-refractivity contribution in [3.8, 4) is 5.75 Å². The van der Waals surface area contributed by atoms with Gasteiger partial charge in [0, 0.05) is 13.2 Å². The van der Waals surface area contributed by atoms with E-state index in [1.54, 1.807) is 7.11 Å². The van der Waals surface area contributed by atoms with Crippen LogP contribution in [0.5, 0.6) is 5.75 Å². The Bertz CT molecular complexity index is 566. The van der Waals surface area contributed by atoms with Gasteiger partial charge in [-0.3, -0.25) is 0 Å². The van der Waals surface area contributed by atoms with Crippen LogP contribution in [-0.2, 0) is 11.3 Å². The molecule has 3 nitrogen and oxygen atoms in total. The van der Waals surface area contributed by atoms with Crippen LogP contribution in [0.1, 0.15) is 25.8 Å². The molecular formula is C18H25NO2. The van der Waals surface area contributed by atoms with Gasteiger partial charge >= 0.3 is 0 Å². The summed E-state index contributed by atoms with van der Waals surface area (Å²) >= 11 is 0. The molecule has 0 unspecified atom stereocenters. The van der Waals surface area contributed by atoms with Gasteiger partial charge in [0.2, 0.25) is 0 Å². The van der Waals surface area contributed by atoms with E-state index in [0.717, 1.165) is 31.9 Å². The third-order valence-corrected chi connectivity index (χ3v) is 3.39. The Kier molecular flexibility index (Phi) is 6.03. The van der Waals surface area contributed by atoms with Crippen molar-refractivity contribution >= 4 is 10.8 Å². The lowest BCUT2D eigenvalue weighted by Gasteiger charge is -2.09. The minimum atomic E-state index is 0.322. The van der Waals surface area contributed by atoms with E-state index in [4.69, 9.17) is 9.47 Å². The number of methoxy groups -OCH3 is 1. The molecule has 2 aromatic rings. The van der Waals surface area contributed by atoms with Crippen LogP contribution in [0.2, 0.25) is 0 Å². The lowest BCUT2D eigenvalue weighted by atomic mass is 10.1. The fourth-order valence-corrected chi connectivity index (χ4v) is 2.26. The number of hydrogen-bond acceptors (Lipinski definition) is 3. The SMILES string of the molecule is COc1ccc2cc(CNCCCOC(C)C)ccc2c1. The van der Waals surface area contributed by atoms with Crippen LogP contribution in [0.4, 0.5) is 0 Å². The highest BCUT2D eigenvalue weighted by Crippen LogP contribution is 2.21. The quantitative estimate of drug-likeness (QED) is 0.750. The molecule has 0 aliphatic carbocycles. The maximum atomic E-state index is 5.52. The van der Waals surface area contributed by atoms with Gasteiger partial charge in [0.15, 0.2) is 0 Å². The van der Waals surface area contributed by atoms with Gasteiger partial charge in [-0.25, -0.2) is 0 Å². The summed E-state index contributed by atoms with van der Waals surface area (Å²) in [4.78, 5) is 0. The fourth-order valence-electron chi connectivity index (χ4n) is 2.26. The van der Waals surface area contributed by atoms with Crippen molar-refractivity contribution in [3.63, 3.8) is 0 Å². The summed E-state index contributed by atoms with van der Waals surface area (Å²) in [7, 11) is 1.70. The van der Waals surface area contributed by atoms with Crippen molar-refractivity contribution in [2.45, 2.75) is 32.9 Å². The van der Waals surface area contributed by atoms with Crippen LogP contribution < -0.4 is 10.1 Å². The molecule has 114 valence electrons. The van der Waals surface area contributed by atoms with E-state index in [1.165, 1.54) is 16.3 Å². The van der Waals surface area contributed by atoms with E-state index < -0.39 is 0 Å². The zero-order valence-electron chi connectivity index (χ0n) is 13.2. The second-order valence-corrected chi connectivity index (χ2v) is 5.50. The summed E-state index contributed by atoms with van der Waals surface area (Å²) in [5, 5.41) is 5.92. The Balaban J connectivity index is 1.82. The number of ether oxygens (including phenoxy) is 2. The lowest BCUT2D eigenvalue weighted by Crippen LogP contribution is -2.17. The molecule has 0 bridgehead atoms. The Morgan fingerprint density at radius 2 is 1.81 bits per heavy atom. The molecule has 0 aliphatic heterocycles. The minimum absolute atomic E-state index is 0.322. The third kappa shape index (κ3) is 5.03. The van der Waals surface area contributed by atoms with Gasteiger partial charge in [-0.1, -0.05) is 18.2 Å². The Labute approximate surface area is 127 Å². The summed E-state index contributed by atoms with van der Waals surface area (Å²) < 4.78 is 10.8. The normalized spacial score (nSPS) is 11.2. The Morgan fingerprint density at radius 1 is 1.05 bits per heavy atom. The molecule has 0 heterocycles. The molecule has 0 saturated carbocycles. The molecule has 0 saturated heterocycles. The zero-order chi connectivity index (χ0) is 15.1. The number of rotatable bonds is 8. The number of fused-ring (bicyclic) bond motifs is 1. The largest absolute Gasteiger partial charge is 0.497 e. The molecule has 21 heavy (non-hydrogen) atoms.